The molecule has 21 rings (SSSR count). The second kappa shape index (κ2) is 35.2. The number of benzene rings is 8. The maximum Gasteiger partial charge on any atom is 0.187 e. The Morgan fingerprint density at radius 2 is 0.473 bits per heavy atom. The first-order valence-electron chi connectivity index (χ1n) is 42.9. The molecule has 21 aromatic rings. The summed E-state index contributed by atoms with van der Waals surface area (Å²) in [6, 6.07) is 115. The van der Waals surface area contributed by atoms with Gasteiger partial charge in [-0.2, -0.15) is 0 Å². The van der Waals surface area contributed by atoms with Gasteiger partial charge in [0.1, 0.15) is 34.2 Å². The average molecular weight is 1680 g/mol. The summed E-state index contributed by atoms with van der Waals surface area (Å²) in [5, 5.41) is 35.2. The smallest absolute Gasteiger partial charge is 0.187 e. The van der Waals surface area contributed by atoms with Crippen LogP contribution in [0, 0.1) is 0 Å². The second-order valence-electron chi connectivity index (χ2n) is 34.5. The highest BCUT2D eigenvalue weighted by molar-refractivity contribution is 6.13. The third-order valence-electron chi connectivity index (χ3n) is 22.8. The average Bonchev–Trinajstić information content (AvgIpc) is 1.58. The summed E-state index contributed by atoms with van der Waals surface area (Å²) in [4.78, 5) is 47.5. The summed E-state index contributed by atoms with van der Waals surface area (Å²) in [6.45, 7) is 19.9. The molecule has 0 atom stereocenters. The fraction of sp³-hybridized carbons (Fsp3) is 0.109. The van der Waals surface area contributed by atoms with Gasteiger partial charge < -0.3 is 0 Å². The summed E-state index contributed by atoms with van der Waals surface area (Å²) < 4.78 is 6.10. The zero-order valence-electron chi connectivity index (χ0n) is 72.8. The predicted octanol–water partition coefficient (Wildman–Crippen LogP) is 25.1. The van der Waals surface area contributed by atoms with E-state index in [1.54, 1.807) is 24.8 Å². The lowest BCUT2D eigenvalue weighted by Crippen LogP contribution is -2.11. The maximum absolute atomic E-state index is 4.97. The van der Waals surface area contributed by atoms with E-state index in [1.165, 1.54) is 49.0 Å². The summed E-state index contributed by atoms with van der Waals surface area (Å²) in [6.07, 6.45) is 10.9. The Balaban J connectivity index is 0.000000126. The fourth-order valence-corrected chi connectivity index (χ4v) is 15.9. The maximum atomic E-state index is 4.97. The number of rotatable bonds is 15. The third-order valence-corrected chi connectivity index (χ3v) is 22.8. The zero-order valence-corrected chi connectivity index (χ0v) is 72.8. The zero-order chi connectivity index (χ0) is 88.2. The molecule has 0 aliphatic carbocycles. The molecule has 0 aliphatic heterocycles. The van der Waals surface area contributed by atoms with Gasteiger partial charge in [0.25, 0.3) is 0 Å². The Labute approximate surface area is 748 Å². The van der Waals surface area contributed by atoms with Crippen molar-refractivity contribution < 1.29 is 0 Å². The molecule has 19 nitrogen and oxygen atoms in total. The summed E-state index contributed by atoms with van der Waals surface area (Å²) in [5.74, 6) is 3.80. The molecule has 0 saturated carbocycles. The van der Waals surface area contributed by atoms with E-state index in [-0.39, 0.29) is 16.2 Å². The molecule has 0 saturated heterocycles. The van der Waals surface area contributed by atoms with E-state index in [2.05, 4.69) is 285 Å². The minimum absolute atomic E-state index is 0.0280. The van der Waals surface area contributed by atoms with Crippen LogP contribution in [0.5, 0.6) is 0 Å². The molecule has 0 fully saturated rings. The number of aromatic nitrogens is 19. The van der Waals surface area contributed by atoms with Gasteiger partial charge in [-0.25, -0.2) is 19.9 Å². The predicted molar refractivity (Wildman–Crippen MR) is 516 cm³/mol. The third kappa shape index (κ3) is 17.3. The van der Waals surface area contributed by atoms with Crippen molar-refractivity contribution in [3.8, 4) is 154 Å². The minimum Gasteiger partial charge on any atom is -0.272 e. The standard InChI is InChI=1S/C41H32N6.C37H30N6.C32H27N7/c1-41(2,3)29-19-21-30(22-20-29)47-39(45-46-40(47)38-17-10-16-36(44-38)35-15-8-9-24-42-35)37-23-18-28(26-43-37)34-25-27-11-4-5-12-31(27)32-13-6-7-14-33(32)34;1-37(2,3)27-18-20-28(21-19-27)43-35(41-42-36(43)34-16-9-15-32(40-34)31-14-6-7-23-38-31)33-22-17-26(24-39-33)30-13-8-11-25-10-4-5-12-29(25)30;1-32(2,3)22-16-18-23(19-17-22)39-30(28-14-8-12-26(35-28)24-10-4-6-20-33-24)37-38-31(39)29-15-9-13-27(36-29)25-11-5-7-21-34-25/h4-26H,1-3H3;4-24H,1-3H3;4-21H,1-3H3. The first-order valence-corrected chi connectivity index (χ1v) is 42.9. The lowest BCUT2D eigenvalue weighted by Gasteiger charge is -2.19. The van der Waals surface area contributed by atoms with Crippen LogP contribution < -0.4 is 0 Å². The molecule has 0 bridgehead atoms. The van der Waals surface area contributed by atoms with Crippen molar-refractivity contribution in [2.24, 2.45) is 0 Å². The lowest BCUT2D eigenvalue weighted by atomic mass is 9.87. The van der Waals surface area contributed by atoms with Gasteiger partial charge in [-0.1, -0.05) is 250 Å². The van der Waals surface area contributed by atoms with Crippen molar-refractivity contribution in [3.05, 3.63) is 394 Å². The molecule has 0 unspecified atom stereocenters. The Morgan fingerprint density at radius 1 is 0.194 bits per heavy atom. The van der Waals surface area contributed by atoms with Gasteiger partial charge in [0.15, 0.2) is 34.9 Å². The van der Waals surface area contributed by atoms with Crippen molar-refractivity contribution in [2.45, 2.75) is 78.6 Å². The Hall–Kier alpha value is -16.5. The fourth-order valence-electron chi connectivity index (χ4n) is 15.9. The van der Waals surface area contributed by atoms with Crippen LogP contribution in [0.15, 0.2) is 377 Å². The van der Waals surface area contributed by atoms with Gasteiger partial charge in [0.2, 0.25) is 0 Å². The van der Waals surface area contributed by atoms with Crippen LogP contribution in [0.3, 0.4) is 0 Å². The molecule has 8 aromatic carbocycles. The van der Waals surface area contributed by atoms with E-state index in [4.69, 9.17) is 40.1 Å². The topological polar surface area (TPSA) is 221 Å². The second-order valence-corrected chi connectivity index (χ2v) is 34.5. The van der Waals surface area contributed by atoms with Gasteiger partial charge in [0.05, 0.1) is 45.6 Å². The van der Waals surface area contributed by atoms with Gasteiger partial charge >= 0.3 is 0 Å². The van der Waals surface area contributed by atoms with Crippen LogP contribution in [0.25, 0.3) is 186 Å². The number of nitrogens with zero attached hydrogens (tertiary/aromatic N) is 19. The number of fused-ring (bicyclic) bond motifs is 4. The summed E-state index contributed by atoms with van der Waals surface area (Å²) >= 11 is 0. The van der Waals surface area contributed by atoms with Crippen LogP contribution in [-0.2, 0) is 16.2 Å². The van der Waals surface area contributed by atoms with E-state index in [0.29, 0.717) is 57.7 Å². The van der Waals surface area contributed by atoms with E-state index in [0.717, 1.165) is 96.3 Å². The van der Waals surface area contributed by atoms with Gasteiger partial charge in [-0.3, -0.25) is 43.6 Å². The van der Waals surface area contributed by atoms with Crippen LogP contribution in [0.2, 0.25) is 0 Å². The molecule has 13 heterocycles. The van der Waals surface area contributed by atoms with Crippen molar-refractivity contribution in [3.63, 3.8) is 0 Å². The molecule has 0 radical (unpaired) electrons. The van der Waals surface area contributed by atoms with Crippen LogP contribution in [-0.4, -0.2) is 94.1 Å². The number of hydrogen-bond donors (Lipinski definition) is 0. The molecule has 13 aromatic heterocycles. The highest BCUT2D eigenvalue weighted by atomic mass is 15.3. The van der Waals surface area contributed by atoms with Crippen LogP contribution >= 0.6 is 0 Å². The van der Waals surface area contributed by atoms with Gasteiger partial charge in [-0.05, 0) is 228 Å². The molecule has 0 amide bonds. The number of hydrogen-bond acceptors (Lipinski definition) is 16. The molecule has 0 aliphatic rings. The van der Waals surface area contributed by atoms with Crippen LogP contribution in [0.1, 0.15) is 79.0 Å². The summed E-state index contributed by atoms with van der Waals surface area (Å²) in [7, 11) is 0. The molecule has 19 heteroatoms. The van der Waals surface area contributed by atoms with E-state index in [1.807, 2.05) is 184 Å². The normalized spacial score (nSPS) is 11.6. The number of pyridine rings is 10. The lowest BCUT2D eigenvalue weighted by molar-refractivity contribution is 0.590. The quantitative estimate of drug-likeness (QED) is 0.0871. The van der Waals surface area contributed by atoms with Crippen molar-refractivity contribution in [2.75, 3.05) is 0 Å². The minimum atomic E-state index is 0.0280. The van der Waals surface area contributed by atoms with E-state index < -0.39 is 0 Å². The first kappa shape index (κ1) is 82.1. The first-order chi connectivity index (χ1) is 62.9. The molecule has 0 N–H and O–H groups in total. The molecular weight excluding hydrogens is 1590 g/mol. The van der Waals surface area contributed by atoms with Crippen molar-refractivity contribution in [1.82, 2.24) is 94.1 Å². The Kier molecular flexibility index (Phi) is 22.4. The molecular formula is C110H89N19. The largest absolute Gasteiger partial charge is 0.272 e. The SMILES string of the molecule is CC(C)(C)c1ccc(-n2c(-c3ccc(-c4cc5ccccc5c5ccccc45)cn3)nnc2-c2cccc(-c3ccccn3)n2)cc1.CC(C)(C)c1ccc(-n2c(-c3ccc(-c4cccc5ccccc45)cn3)nnc2-c2cccc(-c3ccccn3)n2)cc1.CC(C)(C)c1ccc(-n2c(-c3cccc(-c4ccccn4)n3)nnc2-c2cccc(-c3ccccn3)n2)cc1. The van der Waals surface area contributed by atoms with E-state index >= 15 is 0 Å². The monoisotopic (exact) mass is 1680 g/mol. The van der Waals surface area contributed by atoms with Gasteiger partial charge in [0, 0.05) is 65.4 Å². The summed E-state index contributed by atoms with van der Waals surface area (Å²) in [5.41, 5.74) is 21.5. The highest BCUT2D eigenvalue weighted by Crippen LogP contribution is 2.40. The molecule has 624 valence electrons. The highest BCUT2D eigenvalue weighted by Gasteiger charge is 2.27. The van der Waals surface area contributed by atoms with Crippen molar-refractivity contribution in [1.29, 1.82) is 0 Å². The molecule has 0 spiro atoms. The van der Waals surface area contributed by atoms with Crippen LogP contribution in [0.4, 0.5) is 0 Å². The van der Waals surface area contributed by atoms with Gasteiger partial charge in [-0.15, -0.1) is 30.6 Å². The molecule has 129 heavy (non-hydrogen) atoms. The van der Waals surface area contributed by atoms with E-state index in [9.17, 15) is 0 Å². The Bertz CT molecular complexity index is 7450. The van der Waals surface area contributed by atoms with Crippen molar-refractivity contribution >= 4 is 32.3 Å². The Morgan fingerprint density at radius 3 is 0.806 bits per heavy atom.